The topological polar surface area (TPSA) is 32.8 Å². The number of amides is 1. The lowest BCUT2D eigenvalue weighted by Crippen LogP contribution is -2.37. The van der Waals surface area contributed by atoms with Gasteiger partial charge in [0.25, 0.3) is 0 Å². The van der Waals surface area contributed by atoms with Crippen LogP contribution in [-0.4, -0.2) is 54.2 Å². The van der Waals surface area contributed by atoms with Gasteiger partial charge in [-0.1, -0.05) is 6.92 Å². The first-order valence-electron chi connectivity index (χ1n) is 7.04. The fourth-order valence-electron chi connectivity index (χ4n) is 3.05. The van der Waals surface area contributed by atoms with Crippen LogP contribution in [0.4, 0.5) is 4.79 Å². The lowest BCUT2D eigenvalue weighted by atomic mass is 9.86. The van der Waals surface area contributed by atoms with E-state index in [-0.39, 0.29) is 6.09 Å². The van der Waals surface area contributed by atoms with Gasteiger partial charge in [0.2, 0.25) is 0 Å². The van der Waals surface area contributed by atoms with Crippen LogP contribution in [0.2, 0.25) is 0 Å². The fourth-order valence-corrected chi connectivity index (χ4v) is 3.05. The van der Waals surface area contributed by atoms with Crippen LogP contribution in [0.3, 0.4) is 0 Å². The minimum absolute atomic E-state index is 0.144. The molecule has 2 saturated heterocycles. The van der Waals surface area contributed by atoms with Crippen molar-refractivity contribution < 1.29 is 9.53 Å². The van der Waals surface area contributed by atoms with Gasteiger partial charge in [0.05, 0.1) is 0 Å². The maximum absolute atomic E-state index is 12.0. The summed E-state index contributed by atoms with van der Waals surface area (Å²) in [5, 5.41) is 0. The summed E-state index contributed by atoms with van der Waals surface area (Å²) in [5.41, 5.74) is -0.0507. The van der Waals surface area contributed by atoms with E-state index in [0.29, 0.717) is 5.41 Å². The summed E-state index contributed by atoms with van der Waals surface area (Å²) in [5.74, 6) is 0. The number of carbonyl (C=O) groups is 1. The molecule has 1 spiro atoms. The Morgan fingerprint density at radius 2 is 1.89 bits per heavy atom. The number of hydrogen-bond donors (Lipinski definition) is 0. The average Bonchev–Trinajstić information content (AvgIpc) is 2.84. The summed E-state index contributed by atoms with van der Waals surface area (Å²) < 4.78 is 5.45. The highest BCUT2D eigenvalue weighted by Crippen LogP contribution is 2.39. The van der Waals surface area contributed by atoms with Gasteiger partial charge in [-0.25, -0.2) is 4.79 Å². The Balaban J connectivity index is 1.91. The Labute approximate surface area is 110 Å². The summed E-state index contributed by atoms with van der Waals surface area (Å²) >= 11 is 0. The van der Waals surface area contributed by atoms with Crippen molar-refractivity contribution in [2.24, 2.45) is 5.41 Å². The second-order valence-electron chi connectivity index (χ2n) is 6.77. The summed E-state index contributed by atoms with van der Waals surface area (Å²) in [7, 11) is 0. The average molecular weight is 254 g/mol. The van der Waals surface area contributed by atoms with Crippen molar-refractivity contribution in [1.82, 2.24) is 9.80 Å². The third kappa shape index (κ3) is 2.97. The second-order valence-corrected chi connectivity index (χ2v) is 6.77. The van der Waals surface area contributed by atoms with Gasteiger partial charge in [0, 0.05) is 25.0 Å². The van der Waals surface area contributed by atoms with Crippen molar-refractivity contribution in [3.8, 4) is 0 Å². The SMILES string of the molecule is CCN1CCC2(CCN(C(=O)OC(C)(C)C)C2)C1. The van der Waals surface area contributed by atoms with E-state index >= 15 is 0 Å². The van der Waals surface area contributed by atoms with E-state index in [1.54, 1.807) is 0 Å². The normalized spacial score (nSPS) is 29.2. The van der Waals surface area contributed by atoms with Crippen LogP contribution in [0.25, 0.3) is 0 Å². The van der Waals surface area contributed by atoms with Crippen LogP contribution < -0.4 is 0 Å². The Morgan fingerprint density at radius 3 is 2.44 bits per heavy atom. The van der Waals surface area contributed by atoms with E-state index in [0.717, 1.165) is 32.6 Å². The van der Waals surface area contributed by atoms with Crippen LogP contribution in [0.1, 0.15) is 40.5 Å². The van der Waals surface area contributed by atoms with E-state index in [1.165, 1.54) is 13.0 Å². The van der Waals surface area contributed by atoms with Gasteiger partial charge in [-0.2, -0.15) is 0 Å². The molecule has 4 heteroatoms. The molecule has 2 heterocycles. The highest BCUT2D eigenvalue weighted by atomic mass is 16.6. The molecule has 0 aromatic rings. The van der Waals surface area contributed by atoms with Crippen molar-refractivity contribution in [2.75, 3.05) is 32.7 Å². The molecule has 2 fully saturated rings. The zero-order valence-electron chi connectivity index (χ0n) is 12.2. The summed E-state index contributed by atoms with van der Waals surface area (Å²) in [6.07, 6.45) is 2.21. The smallest absolute Gasteiger partial charge is 0.410 e. The Morgan fingerprint density at radius 1 is 1.22 bits per heavy atom. The molecule has 2 rings (SSSR count). The molecule has 0 aromatic heterocycles. The fraction of sp³-hybridized carbons (Fsp3) is 0.929. The van der Waals surface area contributed by atoms with Gasteiger partial charge < -0.3 is 14.5 Å². The minimum atomic E-state index is -0.391. The predicted molar refractivity (Wildman–Crippen MR) is 71.6 cm³/mol. The van der Waals surface area contributed by atoms with Gasteiger partial charge in [-0.05, 0) is 46.7 Å². The maximum atomic E-state index is 12.0. The number of carbonyl (C=O) groups excluding carboxylic acids is 1. The first-order valence-corrected chi connectivity index (χ1v) is 7.04. The van der Waals surface area contributed by atoms with Crippen LogP contribution in [0, 0.1) is 5.41 Å². The molecule has 2 aliphatic rings. The third-order valence-corrected chi connectivity index (χ3v) is 4.05. The molecule has 2 aliphatic heterocycles. The molecule has 0 aliphatic carbocycles. The molecule has 0 aromatic carbocycles. The van der Waals surface area contributed by atoms with E-state index in [2.05, 4.69) is 11.8 Å². The summed E-state index contributed by atoms with van der Waals surface area (Å²) in [6, 6.07) is 0. The Hall–Kier alpha value is -0.770. The lowest BCUT2D eigenvalue weighted by Gasteiger charge is -2.27. The first-order chi connectivity index (χ1) is 8.34. The van der Waals surface area contributed by atoms with Crippen molar-refractivity contribution in [3.05, 3.63) is 0 Å². The maximum Gasteiger partial charge on any atom is 0.410 e. The zero-order valence-corrected chi connectivity index (χ0v) is 12.2. The molecule has 104 valence electrons. The van der Waals surface area contributed by atoms with Crippen LogP contribution in [-0.2, 0) is 4.74 Å². The molecule has 4 nitrogen and oxygen atoms in total. The molecule has 1 amide bonds. The first kappa shape index (κ1) is 13.7. The molecule has 18 heavy (non-hydrogen) atoms. The monoisotopic (exact) mass is 254 g/mol. The molecule has 0 saturated carbocycles. The van der Waals surface area contributed by atoms with Gasteiger partial charge >= 0.3 is 6.09 Å². The van der Waals surface area contributed by atoms with E-state index < -0.39 is 5.60 Å². The largest absolute Gasteiger partial charge is 0.444 e. The molecule has 0 radical (unpaired) electrons. The highest BCUT2D eigenvalue weighted by molar-refractivity contribution is 5.68. The lowest BCUT2D eigenvalue weighted by molar-refractivity contribution is 0.0274. The molecular weight excluding hydrogens is 228 g/mol. The van der Waals surface area contributed by atoms with E-state index in [1.807, 2.05) is 25.7 Å². The minimum Gasteiger partial charge on any atom is -0.444 e. The molecule has 1 unspecified atom stereocenters. The van der Waals surface area contributed by atoms with Crippen LogP contribution in [0.5, 0.6) is 0 Å². The zero-order chi connectivity index (χ0) is 13.4. The highest BCUT2D eigenvalue weighted by Gasteiger charge is 2.45. The number of hydrogen-bond acceptors (Lipinski definition) is 3. The molecule has 1 atom stereocenters. The van der Waals surface area contributed by atoms with Crippen LogP contribution in [0.15, 0.2) is 0 Å². The van der Waals surface area contributed by atoms with Gasteiger partial charge in [0.15, 0.2) is 0 Å². The Bertz CT molecular complexity index is 324. The third-order valence-electron chi connectivity index (χ3n) is 4.05. The molecular formula is C14H26N2O2. The number of rotatable bonds is 1. The van der Waals surface area contributed by atoms with E-state index in [4.69, 9.17) is 4.74 Å². The van der Waals surface area contributed by atoms with Crippen molar-refractivity contribution >= 4 is 6.09 Å². The second kappa shape index (κ2) is 4.72. The quantitative estimate of drug-likeness (QED) is 0.720. The predicted octanol–water partition coefficient (Wildman–Crippen LogP) is 2.34. The van der Waals surface area contributed by atoms with Gasteiger partial charge in [-0.3, -0.25) is 0 Å². The molecule has 0 bridgehead atoms. The number of nitrogens with zero attached hydrogens (tertiary/aromatic N) is 2. The van der Waals surface area contributed by atoms with Crippen LogP contribution >= 0.6 is 0 Å². The number of ether oxygens (including phenoxy) is 1. The standard InChI is InChI=1S/C14H26N2O2/c1-5-15-8-6-14(10-15)7-9-16(11-14)12(17)18-13(2,3)4/h5-11H2,1-4H3. The van der Waals surface area contributed by atoms with Crippen molar-refractivity contribution in [2.45, 2.75) is 46.1 Å². The van der Waals surface area contributed by atoms with Gasteiger partial charge in [-0.15, -0.1) is 0 Å². The number of likely N-dealkylation sites (tertiary alicyclic amines) is 2. The van der Waals surface area contributed by atoms with E-state index in [9.17, 15) is 4.79 Å². The molecule has 0 N–H and O–H groups in total. The van der Waals surface area contributed by atoms with Crippen molar-refractivity contribution in [1.29, 1.82) is 0 Å². The van der Waals surface area contributed by atoms with Crippen molar-refractivity contribution in [3.63, 3.8) is 0 Å². The Kier molecular flexibility index (Phi) is 3.58. The summed E-state index contributed by atoms with van der Waals surface area (Å²) in [4.78, 5) is 16.4. The van der Waals surface area contributed by atoms with Gasteiger partial charge in [0.1, 0.15) is 5.60 Å². The summed E-state index contributed by atoms with van der Waals surface area (Å²) in [6.45, 7) is 13.1.